The fraction of sp³-hybridized carbons (Fsp3) is 0.571. The molecule has 106 valence electrons. The fourth-order valence-electron chi connectivity index (χ4n) is 2.52. The van der Waals surface area contributed by atoms with Gasteiger partial charge in [-0.25, -0.2) is 8.78 Å². The van der Waals surface area contributed by atoms with Crippen LogP contribution in [0.1, 0.15) is 24.9 Å². The molecule has 0 amide bonds. The van der Waals surface area contributed by atoms with E-state index in [4.69, 9.17) is 5.73 Å². The summed E-state index contributed by atoms with van der Waals surface area (Å²) in [6.45, 7) is 4.33. The van der Waals surface area contributed by atoms with Gasteiger partial charge in [-0.05, 0) is 12.5 Å². The summed E-state index contributed by atoms with van der Waals surface area (Å²) in [6.07, 6.45) is 1.10. The molecule has 0 spiro atoms. The minimum atomic E-state index is -0.544. The van der Waals surface area contributed by atoms with Crippen LogP contribution >= 0.6 is 11.8 Å². The van der Waals surface area contributed by atoms with E-state index < -0.39 is 11.6 Å². The maximum atomic E-state index is 13.9. The Morgan fingerprint density at radius 3 is 2.89 bits per heavy atom. The summed E-state index contributed by atoms with van der Waals surface area (Å²) in [7, 11) is 0. The molecule has 0 saturated carbocycles. The van der Waals surface area contributed by atoms with Crippen molar-refractivity contribution in [1.82, 2.24) is 4.90 Å². The molecule has 1 aromatic carbocycles. The highest BCUT2D eigenvalue weighted by Crippen LogP contribution is 2.29. The Morgan fingerprint density at radius 2 is 2.26 bits per heavy atom. The Bertz CT molecular complexity index is 428. The van der Waals surface area contributed by atoms with Gasteiger partial charge in [-0.1, -0.05) is 13.0 Å². The lowest BCUT2D eigenvalue weighted by atomic mass is 10.0. The third-order valence-electron chi connectivity index (χ3n) is 3.61. The monoisotopic (exact) mass is 286 g/mol. The first-order chi connectivity index (χ1) is 9.15. The number of rotatable bonds is 4. The van der Waals surface area contributed by atoms with E-state index in [2.05, 4.69) is 11.8 Å². The second kappa shape index (κ2) is 6.68. The summed E-state index contributed by atoms with van der Waals surface area (Å²) in [5, 5.41) is 0.575. The molecular weight excluding hydrogens is 266 g/mol. The Balaban J connectivity index is 2.19. The summed E-state index contributed by atoms with van der Waals surface area (Å²) in [4.78, 5) is 2.22. The molecule has 2 nitrogen and oxygen atoms in total. The summed E-state index contributed by atoms with van der Waals surface area (Å²) in [5.74, 6) is -0.00274. The quantitative estimate of drug-likeness (QED) is 0.923. The minimum Gasteiger partial charge on any atom is -0.329 e. The van der Waals surface area contributed by atoms with Gasteiger partial charge in [0.2, 0.25) is 0 Å². The average Bonchev–Trinajstić information content (AvgIpc) is 2.42. The van der Waals surface area contributed by atoms with E-state index in [9.17, 15) is 8.78 Å². The largest absolute Gasteiger partial charge is 0.329 e. The van der Waals surface area contributed by atoms with Crippen LogP contribution in [0.15, 0.2) is 18.2 Å². The van der Waals surface area contributed by atoms with Crippen LogP contribution in [0, 0.1) is 11.6 Å². The normalized spacial score (nSPS) is 22.4. The second-order valence-corrected chi connectivity index (χ2v) is 6.22. The van der Waals surface area contributed by atoms with Crippen LogP contribution in [0.5, 0.6) is 0 Å². The Kier molecular flexibility index (Phi) is 5.19. The smallest absolute Gasteiger partial charge is 0.130 e. The molecule has 5 heteroatoms. The molecule has 1 fully saturated rings. The number of benzene rings is 1. The van der Waals surface area contributed by atoms with Crippen LogP contribution in [-0.2, 0) is 0 Å². The zero-order chi connectivity index (χ0) is 13.8. The van der Waals surface area contributed by atoms with Crippen molar-refractivity contribution in [3.05, 3.63) is 35.4 Å². The predicted molar refractivity (Wildman–Crippen MR) is 76.3 cm³/mol. The van der Waals surface area contributed by atoms with Gasteiger partial charge in [0.25, 0.3) is 0 Å². The minimum absolute atomic E-state index is 0.157. The molecule has 1 aromatic rings. The zero-order valence-electron chi connectivity index (χ0n) is 11.1. The molecule has 0 radical (unpaired) electrons. The Hall–Kier alpha value is -0.650. The molecule has 2 rings (SSSR count). The van der Waals surface area contributed by atoms with E-state index in [-0.39, 0.29) is 6.04 Å². The van der Waals surface area contributed by atoms with Gasteiger partial charge in [0, 0.05) is 48.3 Å². The summed E-state index contributed by atoms with van der Waals surface area (Å²) >= 11 is 1.96. The van der Waals surface area contributed by atoms with E-state index in [0.717, 1.165) is 31.3 Å². The average molecular weight is 286 g/mol. The molecule has 1 aliphatic heterocycles. The van der Waals surface area contributed by atoms with Crippen molar-refractivity contribution in [2.75, 3.05) is 25.4 Å². The van der Waals surface area contributed by atoms with E-state index in [1.54, 1.807) is 0 Å². The van der Waals surface area contributed by atoms with Crippen molar-refractivity contribution in [3.63, 3.8) is 0 Å². The van der Waals surface area contributed by atoms with Gasteiger partial charge in [-0.3, -0.25) is 4.90 Å². The molecule has 2 unspecified atom stereocenters. The molecule has 0 aromatic heterocycles. The van der Waals surface area contributed by atoms with Crippen LogP contribution < -0.4 is 5.73 Å². The van der Waals surface area contributed by atoms with Crippen molar-refractivity contribution in [2.24, 2.45) is 5.73 Å². The molecule has 1 saturated heterocycles. The lowest BCUT2D eigenvalue weighted by Gasteiger charge is -2.37. The Labute approximate surface area is 117 Å². The lowest BCUT2D eigenvalue weighted by Crippen LogP contribution is -2.43. The van der Waals surface area contributed by atoms with Crippen LogP contribution in [0.25, 0.3) is 0 Å². The molecule has 2 atom stereocenters. The van der Waals surface area contributed by atoms with Gasteiger partial charge >= 0.3 is 0 Å². The third kappa shape index (κ3) is 3.46. The molecular formula is C14H20F2N2S. The van der Waals surface area contributed by atoms with Gasteiger partial charge in [-0.2, -0.15) is 11.8 Å². The first-order valence-electron chi connectivity index (χ1n) is 6.66. The zero-order valence-corrected chi connectivity index (χ0v) is 11.9. The van der Waals surface area contributed by atoms with Crippen molar-refractivity contribution >= 4 is 11.8 Å². The Morgan fingerprint density at radius 1 is 1.47 bits per heavy atom. The van der Waals surface area contributed by atoms with Gasteiger partial charge < -0.3 is 5.73 Å². The van der Waals surface area contributed by atoms with Crippen LogP contribution in [-0.4, -0.2) is 35.5 Å². The van der Waals surface area contributed by atoms with Crippen LogP contribution in [0.2, 0.25) is 0 Å². The van der Waals surface area contributed by atoms with Crippen molar-refractivity contribution in [2.45, 2.75) is 24.6 Å². The maximum Gasteiger partial charge on any atom is 0.130 e. The van der Waals surface area contributed by atoms with Crippen molar-refractivity contribution in [3.8, 4) is 0 Å². The number of nitrogens with zero attached hydrogens (tertiary/aromatic N) is 1. The molecule has 2 N–H and O–H groups in total. The number of thioether (sulfide) groups is 1. The number of hydrogen-bond donors (Lipinski definition) is 1. The fourth-order valence-corrected chi connectivity index (χ4v) is 3.72. The maximum absolute atomic E-state index is 13.9. The highest BCUT2D eigenvalue weighted by Gasteiger charge is 2.27. The van der Waals surface area contributed by atoms with E-state index in [1.807, 2.05) is 11.8 Å². The predicted octanol–water partition coefficient (Wildman–Crippen LogP) is 2.79. The summed E-state index contributed by atoms with van der Waals surface area (Å²) in [5.41, 5.74) is 6.33. The highest BCUT2D eigenvalue weighted by molar-refractivity contribution is 8.00. The SMILES string of the molecule is CCC1CN(C(CN)c2ccc(F)cc2F)CCS1. The topological polar surface area (TPSA) is 29.3 Å². The summed E-state index contributed by atoms with van der Waals surface area (Å²) in [6, 6.07) is 3.60. The molecule has 1 aliphatic rings. The molecule has 1 heterocycles. The second-order valence-electron chi connectivity index (χ2n) is 4.81. The molecule has 19 heavy (non-hydrogen) atoms. The van der Waals surface area contributed by atoms with Crippen LogP contribution in [0.3, 0.4) is 0 Å². The standard InChI is InChI=1S/C14H20F2N2S/c1-2-11-9-18(5-6-19-11)14(8-17)12-4-3-10(15)7-13(12)16/h3-4,7,11,14H,2,5-6,8-9,17H2,1H3. The van der Waals surface area contributed by atoms with E-state index in [0.29, 0.717) is 17.4 Å². The van der Waals surface area contributed by atoms with Gasteiger partial charge in [0.05, 0.1) is 0 Å². The van der Waals surface area contributed by atoms with Gasteiger partial charge in [0.1, 0.15) is 11.6 Å². The van der Waals surface area contributed by atoms with E-state index >= 15 is 0 Å². The number of hydrogen-bond acceptors (Lipinski definition) is 3. The highest BCUT2D eigenvalue weighted by atomic mass is 32.2. The van der Waals surface area contributed by atoms with E-state index in [1.165, 1.54) is 12.1 Å². The number of halogens is 2. The lowest BCUT2D eigenvalue weighted by molar-refractivity contribution is 0.203. The van der Waals surface area contributed by atoms with Crippen molar-refractivity contribution < 1.29 is 8.78 Å². The third-order valence-corrected chi connectivity index (χ3v) is 4.98. The molecule has 0 bridgehead atoms. The van der Waals surface area contributed by atoms with Crippen molar-refractivity contribution in [1.29, 1.82) is 0 Å². The first kappa shape index (κ1) is 14.8. The number of nitrogens with two attached hydrogens (primary N) is 1. The van der Waals surface area contributed by atoms with Gasteiger partial charge in [0.15, 0.2) is 0 Å². The summed E-state index contributed by atoms with van der Waals surface area (Å²) < 4.78 is 26.9. The van der Waals surface area contributed by atoms with Crippen LogP contribution in [0.4, 0.5) is 8.78 Å². The molecule has 0 aliphatic carbocycles. The van der Waals surface area contributed by atoms with Gasteiger partial charge in [-0.15, -0.1) is 0 Å². The first-order valence-corrected chi connectivity index (χ1v) is 7.71.